The molecule has 348 valence electrons. The predicted octanol–water partition coefficient (Wildman–Crippen LogP) is 6.46. The van der Waals surface area contributed by atoms with E-state index < -0.39 is 69.5 Å². The van der Waals surface area contributed by atoms with Crippen LogP contribution in [-0.2, 0) is 0 Å². The van der Waals surface area contributed by atoms with E-state index in [9.17, 15) is 38.2 Å². The van der Waals surface area contributed by atoms with Crippen molar-refractivity contribution in [1.29, 1.82) is 0 Å². The standard InChI is InChI=1S/2C25H21F2N3O4/c2*1-15-6-2-3-7-16(15)21-17-8-9-18(26)20(27)24(17)34-13-5-4-11-28-14-30(21)29-12-10-19(31)23(32)22(29)25(28)33/h2*2-10,12,21,32H,11,13-14H2,1H3/b2*5-4-/t2*21-/m10/s1. The number of rotatable bonds is 2. The summed E-state index contributed by atoms with van der Waals surface area (Å²) in [5, 5.41) is 24.5. The van der Waals surface area contributed by atoms with Gasteiger partial charge >= 0.3 is 0 Å². The van der Waals surface area contributed by atoms with Gasteiger partial charge in [-0.15, -0.1) is 0 Å². The lowest BCUT2D eigenvalue weighted by Crippen LogP contribution is -2.55. The molecule has 2 amide bonds. The van der Waals surface area contributed by atoms with Crippen molar-refractivity contribution in [1.82, 2.24) is 19.2 Å². The highest BCUT2D eigenvalue weighted by Crippen LogP contribution is 2.42. The molecule has 0 radical (unpaired) electrons. The topological polar surface area (TPSA) is 150 Å². The molecule has 0 saturated carbocycles. The Morgan fingerprint density at radius 2 is 0.912 bits per heavy atom. The number of carbonyl (C=O) groups is 2. The molecule has 14 nitrogen and oxygen atoms in total. The zero-order valence-electron chi connectivity index (χ0n) is 36.5. The fourth-order valence-electron chi connectivity index (χ4n) is 8.85. The Morgan fingerprint density at radius 1 is 0.515 bits per heavy atom. The first kappa shape index (κ1) is 44.9. The van der Waals surface area contributed by atoms with Crippen molar-refractivity contribution < 1.29 is 46.8 Å². The van der Waals surface area contributed by atoms with Crippen LogP contribution in [-0.4, -0.2) is 80.8 Å². The van der Waals surface area contributed by atoms with Gasteiger partial charge in [-0.05, 0) is 72.5 Å². The Morgan fingerprint density at radius 3 is 1.31 bits per heavy atom. The van der Waals surface area contributed by atoms with E-state index in [-0.39, 0.29) is 62.5 Å². The summed E-state index contributed by atoms with van der Waals surface area (Å²) < 4.78 is 72.7. The lowest BCUT2D eigenvalue weighted by atomic mass is 9.93. The van der Waals surface area contributed by atoms with Crippen LogP contribution in [0.25, 0.3) is 0 Å². The van der Waals surface area contributed by atoms with Gasteiger partial charge in [0.25, 0.3) is 11.8 Å². The molecule has 4 aliphatic heterocycles. The highest BCUT2D eigenvalue weighted by atomic mass is 19.2. The first-order valence-electron chi connectivity index (χ1n) is 21.4. The molecule has 4 bridgehead atoms. The fraction of sp³-hybridized carbons (Fsp3) is 0.200. The number of pyridine rings is 2. The minimum absolute atomic E-state index is 0.0358. The third-order valence-electron chi connectivity index (χ3n) is 12.2. The normalized spacial score (nSPS) is 18.4. The summed E-state index contributed by atoms with van der Waals surface area (Å²) in [6, 6.07) is 20.6. The van der Waals surface area contributed by atoms with Gasteiger partial charge in [0, 0.05) is 48.7 Å². The summed E-state index contributed by atoms with van der Waals surface area (Å²) in [6.07, 6.45) is 9.32. The second-order valence-electron chi connectivity index (χ2n) is 16.3. The van der Waals surface area contributed by atoms with E-state index in [4.69, 9.17) is 9.47 Å². The van der Waals surface area contributed by atoms with Crippen molar-refractivity contribution in [2.45, 2.75) is 25.9 Å². The maximum absolute atomic E-state index is 15.0. The van der Waals surface area contributed by atoms with E-state index in [1.165, 1.54) is 43.7 Å². The maximum Gasteiger partial charge on any atom is 0.278 e. The third-order valence-corrected chi connectivity index (χ3v) is 12.2. The summed E-state index contributed by atoms with van der Waals surface area (Å²) in [4.78, 5) is 53.7. The first-order valence-corrected chi connectivity index (χ1v) is 21.4. The average molecular weight is 931 g/mol. The van der Waals surface area contributed by atoms with Crippen molar-refractivity contribution in [3.8, 4) is 23.0 Å². The molecule has 0 saturated heterocycles. The van der Waals surface area contributed by atoms with Crippen LogP contribution in [0.5, 0.6) is 23.0 Å². The van der Waals surface area contributed by atoms with E-state index in [1.54, 1.807) is 34.3 Å². The molecule has 4 aromatic carbocycles. The monoisotopic (exact) mass is 930 g/mol. The van der Waals surface area contributed by atoms with Gasteiger partial charge in [0.15, 0.2) is 46.0 Å². The van der Waals surface area contributed by atoms with Gasteiger partial charge in [0.2, 0.25) is 22.5 Å². The fourth-order valence-corrected chi connectivity index (χ4v) is 8.85. The third kappa shape index (κ3) is 7.86. The lowest BCUT2D eigenvalue weighted by Gasteiger charge is -2.44. The van der Waals surface area contributed by atoms with Crippen LogP contribution in [0.2, 0.25) is 0 Å². The van der Waals surface area contributed by atoms with Gasteiger partial charge in [-0.25, -0.2) is 8.78 Å². The second-order valence-corrected chi connectivity index (χ2v) is 16.3. The molecule has 2 aromatic heterocycles. The van der Waals surface area contributed by atoms with Gasteiger partial charge < -0.3 is 29.5 Å². The quantitative estimate of drug-likeness (QED) is 0.146. The molecule has 0 fully saturated rings. The van der Waals surface area contributed by atoms with Crippen LogP contribution in [0.1, 0.15) is 66.4 Å². The largest absolute Gasteiger partial charge is 0.502 e. The van der Waals surface area contributed by atoms with Crippen molar-refractivity contribution >= 4 is 11.8 Å². The van der Waals surface area contributed by atoms with Gasteiger partial charge in [-0.1, -0.05) is 60.7 Å². The lowest BCUT2D eigenvalue weighted by molar-refractivity contribution is 0.0694. The van der Waals surface area contributed by atoms with Crippen molar-refractivity contribution in [2.24, 2.45) is 0 Å². The van der Waals surface area contributed by atoms with Crippen molar-refractivity contribution in [2.75, 3.05) is 49.7 Å². The smallest absolute Gasteiger partial charge is 0.278 e. The zero-order valence-corrected chi connectivity index (χ0v) is 36.5. The van der Waals surface area contributed by atoms with Gasteiger partial charge in [-0.3, -0.25) is 38.5 Å². The maximum atomic E-state index is 15.0. The summed E-state index contributed by atoms with van der Waals surface area (Å²) in [6.45, 7) is 4.13. The molecule has 4 aliphatic rings. The molecule has 0 unspecified atom stereocenters. The molecule has 2 atom stereocenters. The molecule has 0 spiro atoms. The van der Waals surface area contributed by atoms with Crippen LogP contribution in [0.15, 0.2) is 131 Å². The van der Waals surface area contributed by atoms with Gasteiger partial charge in [-0.2, -0.15) is 8.78 Å². The second kappa shape index (κ2) is 18.2. The molecule has 6 aromatic rings. The van der Waals surface area contributed by atoms with Crippen molar-refractivity contribution in [3.63, 3.8) is 0 Å². The van der Waals surface area contributed by atoms with E-state index in [0.29, 0.717) is 11.1 Å². The number of fused-ring (bicyclic) bond motifs is 10. The van der Waals surface area contributed by atoms with E-state index in [1.807, 2.05) is 62.4 Å². The Hall–Kier alpha value is -8.28. The first-order chi connectivity index (χ1) is 32.8. The molecule has 2 N–H and O–H groups in total. The highest BCUT2D eigenvalue weighted by Gasteiger charge is 2.40. The molecule has 18 heteroatoms. The minimum atomic E-state index is -1.11. The van der Waals surface area contributed by atoms with Crippen molar-refractivity contribution in [3.05, 3.63) is 210 Å². The number of amides is 2. The Balaban J connectivity index is 0.000000170. The average Bonchev–Trinajstić information content (AvgIpc) is 3.38. The SMILES string of the molecule is Cc1ccccc1[C@@H]1c2ccc(F)c(F)c2OC/C=C\CN2CN1n1ccc(=O)c(O)c1C2=O.Cc1ccccc1[C@H]1c2ccc(F)c(F)c2OC/C=C\CN2CN1n1ccc(=O)c(O)c1C2=O. The van der Waals surface area contributed by atoms with E-state index in [0.717, 1.165) is 46.5 Å². The summed E-state index contributed by atoms with van der Waals surface area (Å²) in [5.74, 6) is -7.19. The van der Waals surface area contributed by atoms with Gasteiger partial charge in [0.1, 0.15) is 38.6 Å². The number of hydrogen-bond donors (Lipinski definition) is 2. The number of nitrogens with zero attached hydrogens (tertiary/aromatic N) is 6. The molecule has 6 heterocycles. The highest BCUT2D eigenvalue weighted by molar-refractivity contribution is 5.97. The number of halogens is 4. The number of aromatic nitrogens is 2. The van der Waals surface area contributed by atoms with E-state index in [2.05, 4.69) is 0 Å². The number of ether oxygens (including phenoxy) is 2. The molecule has 0 aliphatic carbocycles. The zero-order chi connectivity index (χ0) is 48.0. The minimum Gasteiger partial charge on any atom is -0.502 e. The molecule has 68 heavy (non-hydrogen) atoms. The number of hydrogen-bond acceptors (Lipinski definition) is 10. The van der Waals surface area contributed by atoms with Crippen LogP contribution in [0.3, 0.4) is 0 Å². The summed E-state index contributed by atoms with van der Waals surface area (Å²) in [7, 11) is 0. The molecule has 10 rings (SSSR count). The summed E-state index contributed by atoms with van der Waals surface area (Å²) >= 11 is 0. The molecular formula is C50H42F4N6O8. The van der Waals surface area contributed by atoms with E-state index >= 15 is 8.78 Å². The van der Waals surface area contributed by atoms with Crippen LogP contribution in [0.4, 0.5) is 17.6 Å². The number of aryl methyl sites for hydroxylation is 2. The van der Waals surface area contributed by atoms with Crippen LogP contribution >= 0.6 is 0 Å². The Bertz CT molecular complexity index is 2980. The Labute approximate surface area is 385 Å². The number of aromatic hydroxyl groups is 2. The number of benzene rings is 4. The van der Waals surface area contributed by atoms with Gasteiger partial charge in [0.05, 0.1) is 0 Å². The summed E-state index contributed by atoms with van der Waals surface area (Å²) in [5.41, 5.74) is 2.14. The Kier molecular flexibility index (Phi) is 12.0. The van der Waals surface area contributed by atoms with Crippen LogP contribution in [0, 0.1) is 37.1 Å². The number of carbonyl (C=O) groups excluding carboxylic acids is 2. The predicted molar refractivity (Wildman–Crippen MR) is 241 cm³/mol. The molecular weight excluding hydrogens is 889 g/mol. The van der Waals surface area contributed by atoms with Crippen LogP contribution < -0.4 is 30.3 Å².